The van der Waals surface area contributed by atoms with Crippen LogP contribution in [0.15, 0.2) is 48.5 Å². The van der Waals surface area contributed by atoms with Crippen LogP contribution >= 0.6 is 0 Å². The van der Waals surface area contributed by atoms with Gasteiger partial charge in [0.05, 0.1) is 23.3 Å². The number of nitrogens with one attached hydrogen (secondary N) is 1. The number of benzene rings is 2. The minimum Gasteiger partial charge on any atom is -0.492 e. The summed E-state index contributed by atoms with van der Waals surface area (Å²) in [5, 5.41) is 13.4. The van der Waals surface area contributed by atoms with Crippen LogP contribution in [0.2, 0.25) is 0 Å². The first-order valence-corrected chi connectivity index (χ1v) is 6.99. The van der Waals surface area contributed by atoms with Gasteiger partial charge in [0.2, 0.25) is 0 Å². The summed E-state index contributed by atoms with van der Waals surface area (Å²) >= 11 is 0. The Morgan fingerprint density at radius 1 is 1.17 bits per heavy atom. The van der Waals surface area contributed by atoms with Crippen molar-refractivity contribution >= 4 is 17.3 Å². The lowest BCUT2D eigenvalue weighted by Crippen LogP contribution is -2.20. The molecule has 0 atom stereocenters. The lowest BCUT2D eigenvalue weighted by Gasteiger charge is -2.11. The van der Waals surface area contributed by atoms with Crippen LogP contribution in [0.25, 0.3) is 0 Å². The van der Waals surface area contributed by atoms with Crippen LogP contribution in [0.5, 0.6) is 11.5 Å². The van der Waals surface area contributed by atoms with E-state index in [0.29, 0.717) is 18.0 Å². The number of carbonyl (C=O) groups excluding carboxylic acids is 1. The van der Waals surface area contributed by atoms with Gasteiger partial charge in [0.15, 0.2) is 6.61 Å². The second-order valence-corrected chi connectivity index (χ2v) is 4.52. The zero-order chi connectivity index (χ0) is 16.7. The quantitative estimate of drug-likeness (QED) is 0.626. The van der Waals surface area contributed by atoms with Crippen molar-refractivity contribution in [3.05, 3.63) is 58.6 Å². The van der Waals surface area contributed by atoms with Crippen LogP contribution in [0, 0.1) is 10.1 Å². The number of hydrogen-bond donors (Lipinski definition) is 1. The molecule has 0 aliphatic rings. The van der Waals surface area contributed by atoms with Crippen LogP contribution in [-0.2, 0) is 4.79 Å². The summed E-state index contributed by atoms with van der Waals surface area (Å²) in [7, 11) is 0. The first kappa shape index (κ1) is 16.3. The molecule has 0 unspecified atom stereocenters. The van der Waals surface area contributed by atoms with E-state index in [0.717, 1.165) is 0 Å². The van der Waals surface area contributed by atoms with Crippen molar-refractivity contribution in [1.82, 2.24) is 0 Å². The number of hydrogen-bond acceptors (Lipinski definition) is 5. The number of non-ortho nitro benzene ring substituents is 1. The molecule has 1 N–H and O–H groups in total. The normalized spacial score (nSPS) is 9.96. The molecule has 0 bridgehead atoms. The van der Waals surface area contributed by atoms with Crippen LogP contribution in [0.1, 0.15) is 6.92 Å². The number of ether oxygens (including phenoxy) is 2. The maximum absolute atomic E-state index is 11.9. The molecule has 2 aromatic carbocycles. The lowest BCUT2D eigenvalue weighted by atomic mass is 10.3. The molecule has 0 spiro atoms. The van der Waals surface area contributed by atoms with Crippen molar-refractivity contribution in [2.75, 3.05) is 18.5 Å². The van der Waals surface area contributed by atoms with Gasteiger partial charge in [-0.05, 0) is 25.1 Å². The molecular formula is C16H16N2O5. The monoisotopic (exact) mass is 316 g/mol. The second-order valence-electron chi connectivity index (χ2n) is 4.52. The molecule has 0 fully saturated rings. The summed E-state index contributed by atoms with van der Waals surface area (Å²) in [5.41, 5.74) is 0.451. The molecule has 0 aromatic heterocycles. The van der Waals surface area contributed by atoms with E-state index < -0.39 is 4.92 Å². The van der Waals surface area contributed by atoms with Crippen molar-refractivity contribution < 1.29 is 19.2 Å². The fourth-order valence-electron chi connectivity index (χ4n) is 1.87. The van der Waals surface area contributed by atoms with E-state index >= 15 is 0 Å². The molecule has 0 saturated carbocycles. The lowest BCUT2D eigenvalue weighted by molar-refractivity contribution is -0.384. The topological polar surface area (TPSA) is 90.7 Å². The predicted octanol–water partition coefficient (Wildman–Crippen LogP) is 3.01. The molecule has 0 heterocycles. The van der Waals surface area contributed by atoms with Gasteiger partial charge in [0.1, 0.15) is 11.5 Å². The van der Waals surface area contributed by atoms with Crippen molar-refractivity contribution in [3.8, 4) is 11.5 Å². The number of carbonyl (C=O) groups is 1. The highest BCUT2D eigenvalue weighted by Gasteiger charge is 2.10. The standard InChI is InChI=1S/C16H16N2O5/c1-2-22-15-9-4-3-8-14(15)17-16(19)11-23-13-7-5-6-12(10-13)18(20)21/h3-10H,2,11H2,1H3,(H,17,19). The van der Waals surface area contributed by atoms with Crippen LogP contribution < -0.4 is 14.8 Å². The van der Waals surface area contributed by atoms with Crippen molar-refractivity contribution in [1.29, 1.82) is 0 Å². The number of nitro groups is 1. The van der Waals surface area contributed by atoms with Crippen LogP contribution in [-0.4, -0.2) is 24.0 Å². The Balaban J connectivity index is 1.95. The Hall–Kier alpha value is -3.09. The van der Waals surface area contributed by atoms with Gasteiger partial charge in [-0.25, -0.2) is 0 Å². The average molecular weight is 316 g/mol. The first-order chi connectivity index (χ1) is 11.1. The summed E-state index contributed by atoms with van der Waals surface area (Å²) in [6.07, 6.45) is 0. The van der Waals surface area contributed by atoms with E-state index in [1.807, 2.05) is 6.92 Å². The largest absolute Gasteiger partial charge is 0.492 e. The average Bonchev–Trinajstić information content (AvgIpc) is 2.55. The van der Waals surface area contributed by atoms with Gasteiger partial charge in [-0.2, -0.15) is 0 Å². The van der Waals surface area contributed by atoms with Gasteiger partial charge in [0.25, 0.3) is 11.6 Å². The van der Waals surface area contributed by atoms with Gasteiger partial charge in [-0.3, -0.25) is 14.9 Å². The number of nitro benzene ring substituents is 1. The van der Waals surface area contributed by atoms with Crippen LogP contribution in [0.4, 0.5) is 11.4 Å². The fraction of sp³-hybridized carbons (Fsp3) is 0.188. The van der Waals surface area contributed by atoms with E-state index in [1.54, 1.807) is 30.3 Å². The minimum atomic E-state index is -0.523. The predicted molar refractivity (Wildman–Crippen MR) is 84.8 cm³/mol. The Morgan fingerprint density at radius 2 is 1.96 bits per heavy atom. The number of nitrogens with zero attached hydrogens (tertiary/aromatic N) is 1. The highest BCUT2D eigenvalue weighted by atomic mass is 16.6. The summed E-state index contributed by atoms with van der Waals surface area (Å²) in [5.74, 6) is 0.440. The summed E-state index contributed by atoms with van der Waals surface area (Å²) < 4.78 is 10.7. The van der Waals surface area contributed by atoms with Gasteiger partial charge in [-0.15, -0.1) is 0 Å². The van der Waals surface area contributed by atoms with E-state index in [4.69, 9.17) is 9.47 Å². The molecule has 0 aliphatic heterocycles. The van der Waals surface area contributed by atoms with E-state index in [-0.39, 0.29) is 24.0 Å². The molecule has 1 amide bonds. The van der Waals surface area contributed by atoms with Gasteiger partial charge in [0, 0.05) is 6.07 Å². The number of amides is 1. The first-order valence-electron chi connectivity index (χ1n) is 6.99. The smallest absolute Gasteiger partial charge is 0.273 e. The molecule has 0 saturated heterocycles. The van der Waals surface area contributed by atoms with Crippen molar-refractivity contribution in [2.45, 2.75) is 6.92 Å². The highest BCUT2D eigenvalue weighted by molar-refractivity contribution is 5.93. The Kier molecular flexibility index (Phi) is 5.51. The highest BCUT2D eigenvalue weighted by Crippen LogP contribution is 2.24. The van der Waals surface area contributed by atoms with Crippen LogP contribution in [0.3, 0.4) is 0 Å². The SMILES string of the molecule is CCOc1ccccc1NC(=O)COc1cccc([N+](=O)[O-])c1. The van der Waals surface area contributed by atoms with Gasteiger partial charge < -0.3 is 14.8 Å². The zero-order valence-corrected chi connectivity index (χ0v) is 12.5. The molecule has 7 heteroatoms. The minimum absolute atomic E-state index is 0.0930. The Morgan fingerprint density at radius 3 is 2.70 bits per heavy atom. The molecule has 120 valence electrons. The molecule has 0 aliphatic carbocycles. The second kappa shape index (κ2) is 7.79. The molecule has 2 aromatic rings. The maximum Gasteiger partial charge on any atom is 0.273 e. The molecule has 23 heavy (non-hydrogen) atoms. The van der Waals surface area contributed by atoms with Crippen molar-refractivity contribution in [2.24, 2.45) is 0 Å². The number of para-hydroxylation sites is 2. The zero-order valence-electron chi connectivity index (χ0n) is 12.5. The molecule has 0 radical (unpaired) electrons. The van der Waals surface area contributed by atoms with Gasteiger partial charge >= 0.3 is 0 Å². The third-order valence-electron chi connectivity index (χ3n) is 2.86. The Bertz CT molecular complexity index is 702. The van der Waals surface area contributed by atoms with Gasteiger partial charge in [-0.1, -0.05) is 18.2 Å². The van der Waals surface area contributed by atoms with E-state index in [1.165, 1.54) is 18.2 Å². The molecular weight excluding hydrogens is 300 g/mol. The summed E-state index contributed by atoms with van der Waals surface area (Å²) in [6.45, 7) is 2.07. The molecule has 7 nitrogen and oxygen atoms in total. The maximum atomic E-state index is 11.9. The summed E-state index contributed by atoms with van der Waals surface area (Å²) in [4.78, 5) is 22.1. The molecule has 2 rings (SSSR count). The van der Waals surface area contributed by atoms with Crippen molar-refractivity contribution in [3.63, 3.8) is 0 Å². The van der Waals surface area contributed by atoms with E-state index in [9.17, 15) is 14.9 Å². The third kappa shape index (κ3) is 4.70. The Labute approximate surface area is 133 Å². The third-order valence-corrected chi connectivity index (χ3v) is 2.86. The fourth-order valence-corrected chi connectivity index (χ4v) is 1.87. The number of anilines is 1. The number of rotatable bonds is 7. The van der Waals surface area contributed by atoms with E-state index in [2.05, 4.69) is 5.32 Å². The summed E-state index contributed by atoms with van der Waals surface area (Å²) in [6, 6.07) is 12.7.